The van der Waals surface area contributed by atoms with Crippen molar-refractivity contribution in [3.63, 3.8) is 0 Å². The lowest BCUT2D eigenvalue weighted by Crippen LogP contribution is -2.03. The average Bonchev–Trinajstić information content (AvgIpc) is 2.52. The number of aromatic amines is 1. The van der Waals surface area contributed by atoms with Gasteiger partial charge >= 0.3 is 0 Å². The van der Waals surface area contributed by atoms with Gasteiger partial charge in [-0.1, -0.05) is 11.6 Å². The zero-order chi connectivity index (χ0) is 8.55. The first-order valence-electron chi connectivity index (χ1n) is 3.37. The molecule has 2 heterocycles. The second-order valence-electron chi connectivity index (χ2n) is 2.27. The van der Waals surface area contributed by atoms with Gasteiger partial charge in [-0.25, -0.2) is 9.97 Å². The van der Waals surface area contributed by atoms with E-state index in [2.05, 4.69) is 20.2 Å². The van der Waals surface area contributed by atoms with Crippen LogP contribution >= 0.6 is 11.6 Å². The van der Waals surface area contributed by atoms with Crippen LogP contribution in [0.15, 0.2) is 6.20 Å². The smallest absolute Gasteiger partial charge is 0.160 e. The summed E-state index contributed by atoms with van der Waals surface area (Å²) in [5.74, 6) is 0.511. The summed E-state index contributed by atoms with van der Waals surface area (Å²) in [6.45, 7) is 0.272. The summed E-state index contributed by atoms with van der Waals surface area (Å²) in [7, 11) is 0. The first kappa shape index (κ1) is 7.45. The predicted molar refractivity (Wildman–Crippen MR) is 44.6 cm³/mol. The van der Waals surface area contributed by atoms with Crippen LogP contribution in [0.25, 0.3) is 11.0 Å². The average molecular weight is 184 g/mol. The van der Waals surface area contributed by atoms with Crippen LogP contribution in [0.5, 0.6) is 0 Å². The number of aromatic nitrogens is 4. The van der Waals surface area contributed by atoms with E-state index in [4.69, 9.17) is 17.3 Å². The number of rotatable bonds is 1. The summed E-state index contributed by atoms with van der Waals surface area (Å²) < 4.78 is 0. The lowest BCUT2D eigenvalue weighted by atomic mass is 10.4. The minimum absolute atomic E-state index is 0.272. The minimum Gasteiger partial charge on any atom is -0.324 e. The molecule has 0 fully saturated rings. The van der Waals surface area contributed by atoms with Crippen molar-refractivity contribution >= 4 is 22.6 Å². The fourth-order valence-corrected chi connectivity index (χ4v) is 1.17. The molecule has 0 aliphatic heterocycles. The van der Waals surface area contributed by atoms with Gasteiger partial charge in [0.2, 0.25) is 0 Å². The van der Waals surface area contributed by atoms with Crippen LogP contribution in [-0.2, 0) is 6.54 Å². The summed E-state index contributed by atoms with van der Waals surface area (Å²) in [5, 5.41) is 7.58. The summed E-state index contributed by atoms with van der Waals surface area (Å²) in [6.07, 6.45) is 1.58. The highest BCUT2D eigenvalue weighted by atomic mass is 35.5. The Morgan fingerprint density at radius 1 is 1.50 bits per heavy atom. The fraction of sp³-hybridized carbons (Fsp3) is 0.167. The quantitative estimate of drug-likeness (QED) is 0.630. The van der Waals surface area contributed by atoms with Crippen molar-refractivity contribution in [2.45, 2.75) is 6.54 Å². The number of H-pyrrole nitrogens is 1. The van der Waals surface area contributed by atoms with E-state index < -0.39 is 0 Å². The van der Waals surface area contributed by atoms with Gasteiger partial charge < -0.3 is 5.73 Å². The maximum atomic E-state index is 5.82. The molecule has 2 aromatic rings. The van der Waals surface area contributed by atoms with Gasteiger partial charge in [-0.2, -0.15) is 5.10 Å². The molecule has 12 heavy (non-hydrogen) atoms. The Labute approximate surface area is 73.0 Å². The number of hydrogen-bond donors (Lipinski definition) is 2. The molecule has 3 N–H and O–H groups in total. The molecular weight excluding hydrogens is 178 g/mol. The highest BCUT2D eigenvalue weighted by Gasteiger charge is 2.05. The monoisotopic (exact) mass is 183 g/mol. The maximum absolute atomic E-state index is 5.82. The Balaban J connectivity index is 2.75. The van der Waals surface area contributed by atoms with Crippen molar-refractivity contribution in [3.05, 3.63) is 17.2 Å². The predicted octanol–water partition coefficient (Wildman–Crippen LogP) is 0.465. The van der Waals surface area contributed by atoms with Crippen molar-refractivity contribution < 1.29 is 0 Å². The van der Waals surface area contributed by atoms with Crippen molar-refractivity contribution in [2.75, 3.05) is 0 Å². The lowest BCUT2D eigenvalue weighted by molar-refractivity contribution is 0.919. The molecule has 6 heteroatoms. The third kappa shape index (κ3) is 1.03. The van der Waals surface area contributed by atoms with Gasteiger partial charge in [0.25, 0.3) is 0 Å². The first-order chi connectivity index (χ1) is 5.81. The van der Waals surface area contributed by atoms with E-state index in [-0.39, 0.29) is 6.54 Å². The van der Waals surface area contributed by atoms with E-state index in [0.29, 0.717) is 22.0 Å². The van der Waals surface area contributed by atoms with Crippen LogP contribution in [0.1, 0.15) is 5.82 Å². The standard InChI is InChI=1S/C6H6ClN5/c7-5-3-2-9-12-6(3)11-4(1-8)10-5/h2H,1,8H2,(H,9,10,11,12). The number of nitrogens with two attached hydrogens (primary N) is 1. The second kappa shape index (κ2) is 2.69. The first-order valence-corrected chi connectivity index (χ1v) is 3.74. The molecule has 0 saturated heterocycles. The molecule has 2 aromatic heterocycles. The van der Waals surface area contributed by atoms with Crippen LogP contribution in [0, 0.1) is 0 Å². The Morgan fingerprint density at radius 3 is 3.08 bits per heavy atom. The Bertz CT molecular complexity index is 409. The Hall–Kier alpha value is -1.20. The fourth-order valence-electron chi connectivity index (χ4n) is 0.934. The van der Waals surface area contributed by atoms with Crippen LogP contribution in [0.2, 0.25) is 5.15 Å². The van der Waals surface area contributed by atoms with Gasteiger partial charge in [-0.15, -0.1) is 0 Å². The van der Waals surface area contributed by atoms with Crippen LogP contribution < -0.4 is 5.73 Å². The van der Waals surface area contributed by atoms with Crippen LogP contribution in [0.3, 0.4) is 0 Å². The molecule has 0 saturated carbocycles. The highest BCUT2D eigenvalue weighted by Crippen LogP contribution is 2.17. The molecule has 0 radical (unpaired) electrons. The second-order valence-corrected chi connectivity index (χ2v) is 2.63. The van der Waals surface area contributed by atoms with E-state index >= 15 is 0 Å². The molecule has 5 nitrogen and oxygen atoms in total. The SMILES string of the molecule is NCc1nc(Cl)c2cn[nH]c2n1. The normalized spacial score (nSPS) is 10.8. The number of fused-ring (bicyclic) bond motifs is 1. The number of halogens is 1. The largest absolute Gasteiger partial charge is 0.324 e. The number of hydrogen-bond acceptors (Lipinski definition) is 4. The van der Waals surface area contributed by atoms with Crippen LogP contribution in [0.4, 0.5) is 0 Å². The molecule has 62 valence electrons. The summed E-state index contributed by atoms with van der Waals surface area (Å²) in [4.78, 5) is 8.04. The molecule has 2 rings (SSSR count). The third-order valence-corrected chi connectivity index (χ3v) is 1.78. The number of nitrogens with zero attached hydrogens (tertiary/aromatic N) is 3. The molecule has 0 bridgehead atoms. The molecule has 0 aliphatic carbocycles. The molecule has 0 amide bonds. The zero-order valence-corrected chi connectivity index (χ0v) is 6.84. The Kier molecular flexibility index (Phi) is 1.67. The van der Waals surface area contributed by atoms with Crippen molar-refractivity contribution in [1.29, 1.82) is 0 Å². The van der Waals surface area contributed by atoms with Crippen molar-refractivity contribution in [2.24, 2.45) is 5.73 Å². The number of nitrogens with one attached hydrogen (secondary N) is 1. The molecule has 0 atom stereocenters. The van der Waals surface area contributed by atoms with E-state index in [9.17, 15) is 0 Å². The van der Waals surface area contributed by atoms with Crippen molar-refractivity contribution in [3.8, 4) is 0 Å². The molecule has 0 spiro atoms. The molecule has 0 unspecified atom stereocenters. The van der Waals surface area contributed by atoms with Gasteiger partial charge in [-0.3, -0.25) is 5.10 Å². The lowest BCUT2D eigenvalue weighted by Gasteiger charge is -1.95. The van der Waals surface area contributed by atoms with Gasteiger partial charge in [-0.05, 0) is 0 Å². The van der Waals surface area contributed by atoms with E-state index in [1.54, 1.807) is 6.20 Å². The minimum atomic E-state index is 0.272. The van der Waals surface area contributed by atoms with E-state index in [0.717, 1.165) is 0 Å². The van der Waals surface area contributed by atoms with E-state index in [1.807, 2.05) is 0 Å². The van der Waals surface area contributed by atoms with Gasteiger partial charge in [0.15, 0.2) is 5.65 Å². The maximum Gasteiger partial charge on any atom is 0.160 e. The van der Waals surface area contributed by atoms with E-state index in [1.165, 1.54) is 0 Å². The third-order valence-electron chi connectivity index (χ3n) is 1.49. The summed E-state index contributed by atoms with van der Waals surface area (Å²) in [5.41, 5.74) is 5.98. The van der Waals surface area contributed by atoms with Gasteiger partial charge in [0, 0.05) is 0 Å². The topological polar surface area (TPSA) is 80.5 Å². The Morgan fingerprint density at radius 2 is 2.33 bits per heavy atom. The van der Waals surface area contributed by atoms with Gasteiger partial charge in [0.05, 0.1) is 18.1 Å². The van der Waals surface area contributed by atoms with Gasteiger partial charge in [0.1, 0.15) is 11.0 Å². The molecule has 0 aromatic carbocycles. The molecular formula is C6H6ClN5. The van der Waals surface area contributed by atoms with Crippen molar-refractivity contribution in [1.82, 2.24) is 20.2 Å². The molecule has 0 aliphatic rings. The summed E-state index contributed by atoms with van der Waals surface area (Å²) in [6, 6.07) is 0. The highest BCUT2D eigenvalue weighted by molar-refractivity contribution is 6.33. The zero-order valence-electron chi connectivity index (χ0n) is 6.08. The summed E-state index contributed by atoms with van der Waals surface area (Å²) >= 11 is 5.82. The van der Waals surface area contributed by atoms with Crippen LogP contribution in [-0.4, -0.2) is 20.2 Å².